The number of amides is 1. The summed E-state index contributed by atoms with van der Waals surface area (Å²) in [6.07, 6.45) is 3.93. The lowest BCUT2D eigenvalue weighted by molar-refractivity contribution is -0.122. The van der Waals surface area contributed by atoms with Crippen molar-refractivity contribution in [1.82, 2.24) is 10.2 Å². The molecule has 0 bridgehead atoms. The minimum Gasteiger partial charge on any atom is -0.369 e. The van der Waals surface area contributed by atoms with Crippen LogP contribution in [0.15, 0.2) is 30.3 Å². The van der Waals surface area contributed by atoms with Crippen molar-refractivity contribution in [1.29, 1.82) is 0 Å². The van der Waals surface area contributed by atoms with E-state index in [0.717, 1.165) is 45.6 Å². The van der Waals surface area contributed by atoms with Gasteiger partial charge in [-0.05, 0) is 37.8 Å². The number of para-hydroxylation sites is 1. The zero-order chi connectivity index (χ0) is 17.6. The summed E-state index contributed by atoms with van der Waals surface area (Å²) in [6.45, 7) is 7.10. The van der Waals surface area contributed by atoms with Crippen LogP contribution in [0.5, 0.6) is 0 Å². The monoisotopic (exact) mass is 452 g/mol. The number of nitrogens with two attached hydrogens (primary N) is 1. The number of hydrogen-bond donors (Lipinski definition) is 2. The molecule has 3 rings (SSSR count). The Morgan fingerprint density at radius 3 is 2.32 bits per heavy atom. The van der Waals surface area contributed by atoms with Gasteiger partial charge in [0.15, 0.2) is 0 Å². The Morgan fingerprint density at radius 1 is 1.11 bits per heavy atom. The average molecular weight is 454 g/mol. The SMILES string of the molecule is CC(CNC(=O)C[C@@H]1CCC[C@H]1N)N1CCN(c2ccccc2)CC1.Cl.Cl.Cl. The first-order valence-electron chi connectivity index (χ1n) is 9.70. The second kappa shape index (κ2) is 13.5. The number of carbonyl (C=O) groups is 1. The van der Waals surface area contributed by atoms with Crippen LogP contribution in [0.4, 0.5) is 5.69 Å². The zero-order valence-corrected chi connectivity index (χ0v) is 19.0. The maximum absolute atomic E-state index is 12.2. The van der Waals surface area contributed by atoms with E-state index < -0.39 is 0 Å². The molecule has 1 saturated heterocycles. The molecule has 5 nitrogen and oxygen atoms in total. The van der Waals surface area contributed by atoms with E-state index >= 15 is 0 Å². The zero-order valence-electron chi connectivity index (χ0n) is 16.6. The first kappa shape index (κ1) is 27.3. The molecule has 1 heterocycles. The van der Waals surface area contributed by atoms with Crippen LogP contribution in [0, 0.1) is 5.92 Å². The van der Waals surface area contributed by atoms with Crippen molar-refractivity contribution in [3.8, 4) is 0 Å². The van der Waals surface area contributed by atoms with Crippen LogP contribution >= 0.6 is 37.2 Å². The number of carbonyl (C=O) groups excluding carboxylic acids is 1. The molecule has 1 aliphatic carbocycles. The van der Waals surface area contributed by atoms with Crippen LogP contribution < -0.4 is 16.0 Å². The third-order valence-electron chi connectivity index (χ3n) is 5.82. The highest BCUT2D eigenvalue weighted by molar-refractivity contribution is 5.86. The van der Waals surface area contributed by atoms with Crippen LogP contribution in [-0.2, 0) is 4.79 Å². The first-order chi connectivity index (χ1) is 12.1. The highest BCUT2D eigenvalue weighted by atomic mass is 35.5. The maximum Gasteiger partial charge on any atom is 0.220 e. The second-order valence-corrected chi connectivity index (χ2v) is 7.57. The van der Waals surface area contributed by atoms with Gasteiger partial charge in [0.05, 0.1) is 0 Å². The van der Waals surface area contributed by atoms with E-state index in [2.05, 4.69) is 52.4 Å². The van der Waals surface area contributed by atoms with Crippen LogP contribution in [0.3, 0.4) is 0 Å². The second-order valence-electron chi connectivity index (χ2n) is 7.57. The summed E-state index contributed by atoms with van der Waals surface area (Å²) < 4.78 is 0. The molecule has 3 atom stereocenters. The number of anilines is 1. The number of piperazine rings is 1. The molecule has 1 aliphatic heterocycles. The van der Waals surface area contributed by atoms with Gasteiger partial charge in [0.1, 0.15) is 0 Å². The van der Waals surface area contributed by atoms with Gasteiger partial charge in [-0.2, -0.15) is 0 Å². The summed E-state index contributed by atoms with van der Waals surface area (Å²) in [6, 6.07) is 11.2. The fourth-order valence-electron chi connectivity index (χ4n) is 4.08. The third-order valence-corrected chi connectivity index (χ3v) is 5.82. The van der Waals surface area contributed by atoms with Gasteiger partial charge >= 0.3 is 0 Å². The molecule has 28 heavy (non-hydrogen) atoms. The molecule has 0 aromatic heterocycles. The van der Waals surface area contributed by atoms with E-state index in [9.17, 15) is 4.79 Å². The van der Waals surface area contributed by atoms with Crippen molar-refractivity contribution >= 4 is 48.8 Å². The maximum atomic E-state index is 12.2. The van der Waals surface area contributed by atoms with Crippen LogP contribution in [0.1, 0.15) is 32.6 Å². The normalized spacial score (nSPS) is 23.0. The highest BCUT2D eigenvalue weighted by Gasteiger charge is 2.26. The molecule has 2 aliphatic rings. The largest absolute Gasteiger partial charge is 0.369 e. The molecule has 3 N–H and O–H groups in total. The van der Waals surface area contributed by atoms with Gasteiger partial charge in [-0.1, -0.05) is 24.6 Å². The molecule has 1 aromatic carbocycles. The Morgan fingerprint density at radius 2 is 1.75 bits per heavy atom. The molecule has 1 amide bonds. The van der Waals surface area contributed by atoms with Crippen LogP contribution in [0.2, 0.25) is 0 Å². The van der Waals surface area contributed by atoms with Crippen molar-refractivity contribution in [3.63, 3.8) is 0 Å². The van der Waals surface area contributed by atoms with E-state index in [1.165, 1.54) is 12.1 Å². The Hall–Kier alpha value is -0.720. The number of hydrogen-bond acceptors (Lipinski definition) is 4. The molecule has 162 valence electrons. The predicted octanol–water partition coefficient (Wildman–Crippen LogP) is 3.10. The molecule has 0 radical (unpaired) electrons. The number of benzene rings is 1. The average Bonchev–Trinajstić information content (AvgIpc) is 3.05. The molecule has 0 spiro atoms. The number of rotatable bonds is 6. The minimum atomic E-state index is 0. The van der Waals surface area contributed by atoms with Gasteiger partial charge in [0, 0.05) is 56.9 Å². The standard InChI is InChI=1S/C20H32N4O.3ClH/c1-16(15-22-20(25)14-17-6-5-9-19(17)21)23-10-12-24(13-11-23)18-7-3-2-4-8-18;;;/h2-4,7-8,16-17,19H,5-6,9-15,21H2,1H3,(H,22,25);3*1H/t16?,17-,19+;;;/m0.../s1. The quantitative estimate of drug-likeness (QED) is 0.695. The first-order valence-corrected chi connectivity index (χ1v) is 9.70. The number of halogens is 3. The molecule has 1 saturated carbocycles. The summed E-state index contributed by atoms with van der Waals surface area (Å²) >= 11 is 0. The van der Waals surface area contributed by atoms with Crippen molar-refractivity contribution in [2.75, 3.05) is 37.6 Å². The van der Waals surface area contributed by atoms with Crippen LogP contribution in [0.25, 0.3) is 0 Å². The van der Waals surface area contributed by atoms with Gasteiger partial charge in [-0.3, -0.25) is 9.69 Å². The summed E-state index contributed by atoms with van der Waals surface area (Å²) in [5, 5.41) is 3.12. The van der Waals surface area contributed by atoms with E-state index in [1.54, 1.807) is 0 Å². The number of nitrogens with one attached hydrogen (secondary N) is 1. The summed E-state index contributed by atoms with van der Waals surface area (Å²) in [7, 11) is 0. The van der Waals surface area contributed by atoms with E-state index in [1.807, 2.05) is 0 Å². The lowest BCUT2D eigenvalue weighted by Gasteiger charge is -2.39. The molecular formula is C20H35Cl3N4O. The molecule has 8 heteroatoms. The summed E-state index contributed by atoms with van der Waals surface area (Å²) in [4.78, 5) is 17.1. The lowest BCUT2D eigenvalue weighted by Crippen LogP contribution is -2.52. The lowest BCUT2D eigenvalue weighted by atomic mass is 10.00. The number of nitrogens with zero attached hydrogens (tertiary/aromatic N) is 2. The van der Waals surface area contributed by atoms with Gasteiger partial charge in [-0.15, -0.1) is 37.2 Å². The predicted molar refractivity (Wildman–Crippen MR) is 124 cm³/mol. The summed E-state index contributed by atoms with van der Waals surface area (Å²) in [5.41, 5.74) is 7.37. The van der Waals surface area contributed by atoms with Crippen molar-refractivity contribution in [3.05, 3.63) is 30.3 Å². The van der Waals surface area contributed by atoms with E-state index in [4.69, 9.17) is 5.73 Å². The van der Waals surface area contributed by atoms with Crippen LogP contribution in [-0.4, -0.2) is 55.6 Å². The Labute approximate surface area is 188 Å². The molecule has 1 aromatic rings. The minimum absolute atomic E-state index is 0. The Bertz CT molecular complexity index is 556. The van der Waals surface area contributed by atoms with Crippen molar-refractivity contribution in [2.24, 2.45) is 11.7 Å². The van der Waals surface area contributed by atoms with Crippen molar-refractivity contribution < 1.29 is 4.79 Å². The molecule has 2 fully saturated rings. The fourth-order valence-corrected chi connectivity index (χ4v) is 4.08. The fraction of sp³-hybridized carbons (Fsp3) is 0.650. The topological polar surface area (TPSA) is 61.6 Å². The smallest absolute Gasteiger partial charge is 0.220 e. The highest BCUT2D eigenvalue weighted by Crippen LogP contribution is 2.26. The third kappa shape index (κ3) is 7.60. The molecule has 1 unspecified atom stereocenters. The van der Waals surface area contributed by atoms with E-state index in [0.29, 0.717) is 18.4 Å². The van der Waals surface area contributed by atoms with Gasteiger partial charge < -0.3 is 16.0 Å². The van der Waals surface area contributed by atoms with Gasteiger partial charge in [-0.25, -0.2) is 0 Å². The molecular weight excluding hydrogens is 419 g/mol. The Balaban J connectivity index is 0.00000243. The van der Waals surface area contributed by atoms with E-state index in [-0.39, 0.29) is 49.2 Å². The Kier molecular flexibility index (Phi) is 13.1. The van der Waals surface area contributed by atoms with Gasteiger partial charge in [0.25, 0.3) is 0 Å². The summed E-state index contributed by atoms with van der Waals surface area (Å²) in [5.74, 6) is 0.543. The van der Waals surface area contributed by atoms with Gasteiger partial charge in [0.2, 0.25) is 5.91 Å². The van der Waals surface area contributed by atoms with Crippen molar-refractivity contribution in [2.45, 2.75) is 44.7 Å².